The topological polar surface area (TPSA) is 228 Å². The molecule has 0 radical (unpaired) electrons. The highest BCUT2D eigenvalue weighted by Crippen LogP contribution is 2.28. The van der Waals surface area contributed by atoms with Crippen molar-refractivity contribution < 1.29 is 48.0 Å². The number of carboxylic acids is 2. The maximum atomic E-state index is 13.0. The number of cyclic esters (lactones) is 1. The van der Waals surface area contributed by atoms with Crippen LogP contribution in [0.4, 0.5) is 5.13 Å². The number of nitrogens with one attached hydrogen (secondary N) is 1. The van der Waals surface area contributed by atoms with Crippen molar-refractivity contribution >= 4 is 74.3 Å². The van der Waals surface area contributed by atoms with Gasteiger partial charge >= 0.3 is 17.9 Å². The van der Waals surface area contributed by atoms with E-state index in [1.807, 2.05) is 0 Å². The molecule has 5 N–H and O–H groups in total. The Kier molecular flexibility index (Phi) is 8.23. The van der Waals surface area contributed by atoms with Crippen LogP contribution >= 0.6 is 22.9 Å². The molecule has 0 aromatic carbocycles. The van der Waals surface area contributed by atoms with E-state index < -0.39 is 76.9 Å². The molecular weight excluding hydrogens is 534 g/mol. The second-order valence-corrected chi connectivity index (χ2v) is 10.4. The van der Waals surface area contributed by atoms with Crippen molar-refractivity contribution in [1.29, 1.82) is 0 Å². The maximum absolute atomic E-state index is 13.0. The molecule has 1 aromatic rings. The normalized spacial score (nSPS) is 23.5. The van der Waals surface area contributed by atoms with Crippen molar-refractivity contribution in [1.82, 2.24) is 15.2 Å². The van der Waals surface area contributed by atoms with Gasteiger partial charge in [0.25, 0.3) is 11.8 Å². The summed E-state index contributed by atoms with van der Waals surface area (Å²) in [6, 6.07) is -1.30. The lowest BCUT2D eigenvalue weighted by molar-refractivity contribution is -0.164. The van der Waals surface area contributed by atoms with Gasteiger partial charge in [0, 0.05) is 23.0 Å². The van der Waals surface area contributed by atoms with E-state index in [0.29, 0.717) is 0 Å². The number of esters is 1. The quantitative estimate of drug-likeness (QED) is 0.128. The first-order valence-corrected chi connectivity index (χ1v) is 12.3. The van der Waals surface area contributed by atoms with Gasteiger partial charge in [-0.1, -0.05) is 28.1 Å². The fourth-order valence-corrected chi connectivity index (χ4v) is 5.63. The molecule has 15 nitrogen and oxygen atoms in total. The van der Waals surface area contributed by atoms with Crippen molar-refractivity contribution in [3.63, 3.8) is 0 Å². The van der Waals surface area contributed by atoms with Gasteiger partial charge in [0.05, 0.1) is 6.42 Å². The van der Waals surface area contributed by atoms with Gasteiger partial charge in [0.1, 0.15) is 21.4 Å². The standard InChI is InChI=1S/C17H18ClN5O10S2/c18-12-9(21-17(19)34-12)10(22-33-6(16(29)30)4-7(24)25)13(27)20-11-14(28)23-5-32-8(26)2-1-3-35(31)15(11)23/h6,11,15H,1-5H2,(H2,19,21)(H,20,27)(H,24,25)(H,29,30)/b22-10-/t6-,11-,15-,35?/m1/s1. The molecule has 4 atom stereocenters. The molecule has 2 aliphatic heterocycles. The summed E-state index contributed by atoms with van der Waals surface area (Å²) in [5.74, 6) is -5.45. The molecule has 0 bridgehead atoms. The average Bonchev–Trinajstić information content (AvgIpc) is 3.12. The maximum Gasteiger partial charge on any atom is 0.348 e. The van der Waals surface area contributed by atoms with Crippen LogP contribution in [-0.2, 0) is 44.3 Å². The molecule has 190 valence electrons. The van der Waals surface area contributed by atoms with Crippen LogP contribution in [-0.4, -0.2) is 89.7 Å². The zero-order chi connectivity index (χ0) is 25.9. The van der Waals surface area contributed by atoms with Gasteiger partial charge in [0.2, 0.25) is 6.10 Å². The van der Waals surface area contributed by atoms with Crippen molar-refractivity contribution in [3.8, 4) is 0 Å². The molecule has 1 aromatic heterocycles. The third-order valence-electron chi connectivity index (χ3n) is 4.74. The minimum absolute atomic E-state index is 0.0243. The first-order valence-electron chi connectivity index (χ1n) is 9.74. The van der Waals surface area contributed by atoms with Crippen LogP contribution in [0, 0.1) is 0 Å². The van der Waals surface area contributed by atoms with Gasteiger partial charge in [-0.05, 0) is 6.42 Å². The zero-order valence-corrected chi connectivity index (χ0v) is 19.9. The highest BCUT2D eigenvalue weighted by atomic mass is 35.5. The number of oxime groups is 1. The van der Waals surface area contributed by atoms with Crippen LogP contribution in [0.1, 0.15) is 25.0 Å². The first-order chi connectivity index (χ1) is 16.5. The number of fused-ring (bicyclic) bond motifs is 1. The Balaban J connectivity index is 1.86. The van der Waals surface area contributed by atoms with Gasteiger partial charge in [-0.25, -0.2) is 9.78 Å². The number of nitrogen functional groups attached to an aromatic ring is 1. The number of β-lactam (4-membered cyclic amide) rings is 1. The van der Waals surface area contributed by atoms with E-state index in [1.54, 1.807) is 0 Å². The van der Waals surface area contributed by atoms with E-state index in [4.69, 9.17) is 37.1 Å². The van der Waals surface area contributed by atoms with Crippen LogP contribution < -0.4 is 11.1 Å². The number of nitrogens with zero attached hydrogens (tertiary/aromatic N) is 3. The van der Waals surface area contributed by atoms with Gasteiger partial charge in [-0.15, -0.1) is 0 Å². The van der Waals surface area contributed by atoms with E-state index in [-0.39, 0.29) is 33.8 Å². The van der Waals surface area contributed by atoms with Gasteiger partial charge in [0.15, 0.2) is 17.6 Å². The number of ether oxygens (including phenoxy) is 1. The molecule has 0 aliphatic carbocycles. The van der Waals surface area contributed by atoms with Crippen molar-refractivity contribution in [2.24, 2.45) is 5.16 Å². The van der Waals surface area contributed by atoms with Crippen LogP contribution in [0.5, 0.6) is 0 Å². The molecule has 2 saturated heterocycles. The summed E-state index contributed by atoms with van der Waals surface area (Å²) in [6.07, 6.45) is -2.66. The third-order valence-corrected chi connectivity index (χ3v) is 7.58. The number of rotatable bonds is 8. The molecule has 3 rings (SSSR count). The Hall–Kier alpha value is -3.31. The zero-order valence-electron chi connectivity index (χ0n) is 17.5. The molecule has 2 aliphatic rings. The summed E-state index contributed by atoms with van der Waals surface area (Å²) >= 11 is 6.81. The number of hydrogen-bond donors (Lipinski definition) is 4. The summed E-state index contributed by atoms with van der Waals surface area (Å²) in [5.41, 5.74) is 4.60. The largest absolute Gasteiger partial charge is 0.481 e. The minimum atomic E-state index is -1.96. The lowest BCUT2D eigenvalue weighted by Gasteiger charge is -2.45. The number of aromatic nitrogens is 1. The molecule has 2 fully saturated rings. The number of carbonyl (C=O) groups excluding carboxylic acids is 3. The lowest BCUT2D eigenvalue weighted by Crippen LogP contribution is -2.72. The first kappa shape index (κ1) is 26.3. The number of halogens is 1. The number of thiazole rings is 1. The molecule has 35 heavy (non-hydrogen) atoms. The minimum Gasteiger partial charge on any atom is -0.481 e. The fourth-order valence-electron chi connectivity index (χ4n) is 3.09. The monoisotopic (exact) mass is 551 g/mol. The number of anilines is 1. The van der Waals surface area contributed by atoms with Crippen LogP contribution in [0.25, 0.3) is 0 Å². The number of carbonyl (C=O) groups is 5. The predicted molar refractivity (Wildman–Crippen MR) is 119 cm³/mol. The highest BCUT2D eigenvalue weighted by molar-refractivity contribution is 7.85. The number of carboxylic acid groups (broad SMARTS) is 2. The Morgan fingerprint density at radius 3 is 2.71 bits per heavy atom. The number of aliphatic carboxylic acids is 2. The van der Waals surface area contributed by atoms with E-state index in [1.165, 1.54) is 0 Å². The second kappa shape index (κ2) is 11.0. The van der Waals surface area contributed by atoms with E-state index in [2.05, 4.69) is 15.5 Å². The molecule has 2 amide bonds. The average molecular weight is 552 g/mol. The smallest absolute Gasteiger partial charge is 0.348 e. The van der Waals surface area contributed by atoms with Gasteiger partial charge in [-0.3, -0.25) is 28.3 Å². The molecule has 3 heterocycles. The fraction of sp³-hybridized carbons (Fsp3) is 0.471. The molecule has 0 saturated carbocycles. The van der Waals surface area contributed by atoms with Gasteiger partial charge < -0.3 is 30.8 Å². The van der Waals surface area contributed by atoms with Crippen molar-refractivity contribution in [2.75, 3.05) is 18.2 Å². The van der Waals surface area contributed by atoms with Crippen LogP contribution in [0.3, 0.4) is 0 Å². The van der Waals surface area contributed by atoms with Gasteiger partial charge in [-0.2, -0.15) is 0 Å². The summed E-state index contributed by atoms with van der Waals surface area (Å²) in [5, 5.41) is 22.7. The Labute approximate surface area is 207 Å². The Bertz CT molecular complexity index is 1120. The Morgan fingerprint density at radius 1 is 1.40 bits per heavy atom. The second-order valence-electron chi connectivity index (χ2n) is 7.13. The molecule has 18 heteroatoms. The number of nitrogens with two attached hydrogens (primary N) is 1. The van der Waals surface area contributed by atoms with E-state index in [0.717, 1.165) is 16.2 Å². The number of amides is 2. The van der Waals surface area contributed by atoms with Crippen molar-refractivity contribution in [2.45, 2.75) is 36.8 Å². The Morgan fingerprint density at radius 2 is 2.11 bits per heavy atom. The van der Waals surface area contributed by atoms with E-state index >= 15 is 0 Å². The summed E-state index contributed by atoms with van der Waals surface area (Å²) in [4.78, 5) is 69.0. The van der Waals surface area contributed by atoms with E-state index in [9.17, 15) is 28.2 Å². The third kappa shape index (κ3) is 6.04. The lowest BCUT2D eigenvalue weighted by atomic mass is 10.1. The molecule has 0 spiro atoms. The summed E-state index contributed by atoms with van der Waals surface area (Å²) in [6.45, 7) is -0.436. The molecular formula is C17H18ClN5O10S2. The number of hydrogen-bond acceptors (Lipinski definition) is 12. The van der Waals surface area contributed by atoms with Crippen LogP contribution in [0.2, 0.25) is 4.34 Å². The summed E-state index contributed by atoms with van der Waals surface area (Å²) in [7, 11) is -1.65. The highest BCUT2D eigenvalue weighted by Gasteiger charge is 2.52. The van der Waals surface area contributed by atoms with Crippen LogP contribution in [0.15, 0.2) is 5.16 Å². The molecule has 1 unspecified atom stereocenters. The SMILES string of the molecule is Nc1nc(/C(=N/O[C@H](CC(=O)O)C(=O)O)C(=O)N[C@@H]2C(=O)N3COC(=O)CCCS(=O)[C@H]23)c(Cl)s1. The summed E-state index contributed by atoms with van der Waals surface area (Å²) < 4.78 is 17.5. The van der Waals surface area contributed by atoms with Crippen molar-refractivity contribution in [3.05, 3.63) is 10.0 Å². The predicted octanol–water partition coefficient (Wildman–Crippen LogP) is -1.28.